The third kappa shape index (κ3) is 26.4. The molecule has 0 aliphatic heterocycles. The van der Waals surface area contributed by atoms with E-state index in [1.54, 1.807) is 0 Å². The van der Waals surface area contributed by atoms with Gasteiger partial charge in [-0.05, 0) is 0 Å². The van der Waals surface area contributed by atoms with E-state index in [-0.39, 0.29) is 0 Å². The molecule has 20 heteroatoms. The Balaban J connectivity index is -0.000000188. The number of hydrogen-bond donors (Lipinski definition) is 15. The van der Waals surface area contributed by atoms with Crippen LogP contribution in [0.1, 0.15) is 0 Å². The van der Waals surface area contributed by atoms with Crippen molar-refractivity contribution >= 4 is 7.82 Å². The van der Waals surface area contributed by atoms with E-state index in [0.717, 1.165) is 0 Å². The molecule has 0 aromatic heterocycles. The van der Waals surface area contributed by atoms with Crippen molar-refractivity contribution in [1.29, 1.82) is 0 Å². The maximum atomic E-state index is 8.77. The van der Waals surface area contributed by atoms with Gasteiger partial charge in [0.15, 0.2) is 0 Å². The Morgan fingerprint density at radius 1 is 0.400 bits per heavy atom. The van der Waals surface area contributed by atoms with E-state index < -0.39 is 102 Å². The average molecular weight is 551 g/mol. The molecule has 0 heterocycles. The second-order valence-electron chi connectivity index (χ2n) is 6.42. The minimum absolute atomic E-state index is 0.641. The van der Waals surface area contributed by atoms with Gasteiger partial charge in [-0.25, -0.2) is 0 Å². The van der Waals surface area contributed by atoms with Crippen LogP contribution in [0.25, 0.3) is 0 Å². The fraction of sp³-hybridized carbons (Fsp3) is 1.00. The molecule has 15 N–H and O–H groups in total. The predicted molar refractivity (Wildman–Crippen MR) is 104 cm³/mol. The Labute approximate surface area is 199 Å². The van der Waals surface area contributed by atoms with Gasteiger partial charge in [0, 0.05) is 0 Å². The summed E-state index contributed by atoms with van der Waals surface area (Å²) < 4.78 is 8.55. The van der Waals surface area contributed by atoms with Crippen molar-refractivity contribution in [2.75, 3.05) is 39.6 Å². The van der Waals surface area contributed by atoms with Crippen LogP contribution >= 0.6 is 7.82 Å². The molecule has 0 fully saturated rings. The van der Waals surface area contributed by atoms with Crippen LogP contribution in [-0.2, 0) is 4.57 Å². The molecule has 0 saturated heterocycles. The van der Waals surface area contributed by atoms with Crippen molar-refractivity contribution in [2.45, 2.75) is 54.9 Å². The maximum absolute atomic E-state index is 8.77. The molecule has 0 rings (SSSR count). The molecule has 0 aromatic carbocycles. The van der Waals surface area contributed by atoms with Gasteiger partial charge < -0.3 is 95.8 Å². The van der Waals surface area contributed by atoms with Crippen LogP contribution in [0.4, 0.5) is 0 Å². The Morgan fingerprint density at radius 3 is 0.543 bits per heavy atom. The summed E-state index contributed by atoms with van der Waals surface area (Å²) in [5.74, 6) is 0. The Hall–Kier alpha value is -0.490. The first kappa shape index (κ1) is 41.6. The molecule has 6 unspecified atom stereocenters. The van der Waals surface area contributed by atoms with Gasteiger partial charge in [-0.1, -0.05) is 0 Å². The zero-order chi connectivity index (χ0) is 28.9. The third-order valence-electron chi connectivity index (χ3n) is 3.49. The monoisotopic (exact) mass is 551 g/mol. The second kappa shape index (κ2) is 23.9. The molecule has 19 nitrogen and oxygen atoms in total. The summed E-state index contributed by atoms with van der Waals surface area (Å²) in [4.78, 5) is 25.6. The van der Waals surface area contributed by atoms with E-state index in [2.05, 4.69) is 0 Å². The predicted octanol–water partition coefficient (Wildman–Crippen LogP) is -11.7. The first-order valence-electron chi connectivity index (χ1n) is 9.40. The normalized spacial score (nSPS) is 18.9. The van der Waals surface area contributed by atoms with Gasteiger partial charge in [0.2, 0.25) is 0 Å². The molecule has 0 bridgehead atoms. The van der Waals surface area contributed by atoms with Gasteiger partial charge in [0.1, 0.15) is 54.9 Å². The SMILES string of the molecule is O=P([O-])([O-])[O-].OCC(O)C(O)C(O)CO.OCC(O)C(O)C(O)CO.OCC(O)C(O)C(O)CO. The smallest absolute Gasteiger partial charge is 0.110 e. The molecule has 0 amide bonds. The Bertz CT molecular complexity index is 404. The molecule has 0 aromatic rings. The van der Waals surface area contributed by atoms with Crippen molar-refractivity contribution in [3.63, 3.8) is 0 Å². The van der Waals surface area contributed by atoms with Crippen LogP contribution in [-0.4, -0.2) is 171 Å². The van der Waals surface area contributed by atoms with Crippen molar-refractivity contribution in [3.05, 3.63) is 0 Å². The molecule has 35 heavy (non-hydrogen) atoms. The molecule has 0 radical (unpaired) electrons. The van der Waals surface area contributed by atoms with Gasteiger partial charge >= 0.3 is 0 Å². The number of aliphatic hydroxyl groups is 15. The molecular weight excluding hydrogens is 515 g/mol. The minimum Gasteiger partial charge on any atom is -0.822 e. The highest BCUT2D eigenvalue weighted by atomic mass is 31.2. The minimum atomic E-state index is -5.39. The van der Waals surface area contributed by atoms with Crippen LogP contribution in [0, 0.1) is 0 Å². The lowest BCUT2D eigenvalue weighted by Crippen LogP contribution is -2.41. The zero-order valence-electron chi connectivity index (χ0n) is 18.2. The van der Waals surface area contributed by atoms with E-state index >= 15 is 0 Å². The molecular formula is C15H36O19P-3. The lowest BCUT2D eigenvalue weighted by molar-refractivity contribution is -0.432. The molecule has 0 saturated carbocycles. The highest BCUT2D eigenvalue weighted by molar-refractivity contribution is 7.40. The second-order valence-corrected chi connectivity index (χ2v) is 7.31. The third-order valence-corrected chi connectivity index (χ3v) is 3.49. The summed E-state index contributed by atoms with van der Waals surface area (Å²) in [7, 11) is -5.39. The van der Waals surface area contributed by atoms with Crippen molar-refractivity contribution in [1.82, 2.24) is 0 Å². The first-order chi connectivity index (χ1) is 15.9. The summed E-state index contributed by atoms with van der Waals surface area (Å²) in [6.45, 7) is -3.84. The maximum Gasteiger partial charge on any atom is 0.110 e. The van der Waals surface area contributed by atoms with Gasteiger partial charge in [-0.2, -0.15) is 7.82 Å². The van der Waals surface area contributed by atoms with Crippen LogP contribution in [0.2, 0.25) is 0 Å². The summed E-state index contributed by atoms with van der Waals surface area (Å²) in [5.41, 5.74) is 0. The molecule has 218 valence electrons. The van der Waals surface area contributed by atoms with Gasteiger partial charge in [0.25, 0.3) is 0 Å². The highest BCUT2D eigenvalue weighted by Crippen LogP contribution is 2.03. The average Bonchev–Trinajstić information content (AvgIpc) is 2.83. The van der Waals surface area contributed by atoms with Gasteiger partial charge in [0.05, 0.1) is 39.6 Å². The topological polar surface area (TPSA) is 390 Å². The van der Waals surface area contributed by atoms with Crippen molar-refractivity contribution in [3.8, 4) is 0 Å². The number of rotatable bonds is 12. The fourth-order valence-electron chi connectivity index (χ4n) is 1.42. The van der Waals surface area contributed by atoms with E-state index in [9.17, 15) is 0 Å². The van der Waals surface area contributed by atoms with Crippen LogP contribution < -0.4 is 14.7 Å². The Morgan fingerprint density at radius 2 is 0.486 bits per heavy atom. The zero-order valence-corrected chi connectivity index (χ0v) is 19.1. The standard InChI is InChI=1S/3C5H12O5.H3O4P/c3*6-1-3(8)5(10)4(9)2-7;1-5(2,3)4/h3*3-10H,1-2H2;(H3,1,2,3,4)/p-3. The quantitative estimate of drug-likeness (QED) is 0.1000. The van der Waals surface area contributed by atoms with Crippen molar-refractivity contribution in [2.24, 2.45) is 0 Å². The van der Waals surface area contributed by atoms with E-state index in [1.807, 2.05) is 0 Å². The number of phosphoric acid groups is 1. The fourth-order valence-corrected chi connectivity index (χ4v) is 1.42. The van der Waals surface area contributed by atoms with Crippen LogP contribution in [0.5, 0.6) is 0 Å². The lowest BCUT2D eigenvalue weighted by Gasteiger charge is -2.36. The van der Waals surface area contributed by atoms with E-state index in [0.29, 0.717) is 0 Å². The van der Waals surface area contributed by atoms with Gasteiger partial charge in [-0.3, -0.25) is 0 Å². The Kier molecular flexibility index (Phi) is 28.4. The summed E-state index contributed by atoms with van der Waals surface area (Å²) >= 11 is 0. The number of hydrogen-bond acceptors (Lipinski definition) is 19. The molecule has 6 atom stereocenters. The highest BCUT2D eigenvalue weighted by Gasteiger charge is 2.24. The summed E-state index contributed by atoms with van der Waals surface area (Å²) in [6, 6.07) is 0. The molecule has 0 aliphatic carbocycles. The first-order valence-corrected chi connectivity index (χ1v) is 10.9. The summed E-state index contributed by atoms with van der Waals surface area (Å²) in [6.07, 6.45) is -12.9. The van der Waals surface area contributed by atoms with Crippen LogP contribution in [0.15, 0.2) is 0 Å². The summed E-state index contributed by atoms with van der Waals surface area (Å²) in [5, 5.41) is 128. The largest absolute Gasteiger partial charge is 0.822 e. The van der Waals surface area contributed by atoms with E-state index in [1.165, 1.54) is 0 Å². The number of aliphatic hydroxyl groups excluding tert-OH is 15. The molecule has 0 spiro atoms. The van der Waals surface area contributed by atoms with Crippen LogP contribution in [0.3, 0.4) is 0 Å². The van der Waals surface area contributed by atoms with Gasteiger partial charge in [-0.15, -0.1) is 0 Å². The van der Waals surface area contributed by atoms with Crippen molar-refractivity contribution < 1.29 is 95.8 Å². The lowest BCUT2D eigenvalue weighted by atomic mass is 10.1. The molecule has 0 aliphatic rings. The van der Waals surface area contributed by atoms with E-state index in [4.69, 9.17) is 95.8 Å².